The standard InChI is InChI=1S/C29H30BrN3O3S/c30-23-12-13-25-24(18-23)22(19-32(25)20-27(34)31-14-6-1-2-7-15-31)17-26-28(35)33(29(36)37-26)16-8-11-21-9-4-3-5-10-21/h3-5,9-10,12-13,17-19H,1-2,6-8,11,14-16,20H2/b26-17-. The van der Waals surface area contributed by atoms with E-state index in [4.69, 9.17) is 0 Å². The first-order valence-electron chi connectivity index (χ1n) is 12.8. The number of imide groups is 1. The summed E-state index contributed by atoms with van der Waals surface area (Å²) in [6.45, 7) is 2.28. The minimum atomic E-state index is -0.250. The summed E-state index contributed by atoms with van der Waals surface area (Å²) in [6.07, 6.45) is 9.72. The van der Waals surface area contributed by atoms with Gasteiger partial charge in [0.2, 0.25) is 5.91 Å². The smallest absolute Gasteiger partial charge is 0.293 e. The molecule has 6 nitrogen and oxygen atoms in total. The van der Waals surface area contributed by atoms with E-state index in [1.165, 1.54) is 23.3 Å². The lowest BCUT2D eigenvalue weighted by molar-refractivity contribution is -0.131. The van der Waals surface area contributed by atoms with Crippen LogP contribution in [0.4, 0.5) is 4.79 Å². The molecule has 8 heteroatoms. The van der Waals surface area contributed by atoms with Crippen molar-refractivity contribution in [2.24, 2.45) is 0 Å². The zero-order valence-electron chi connectivity index (χ0n) is 20.7. The third kappa shape index (κ3) is 6.02. The van der Waals surface area contributed by atoms with Gasteiger partial charge < -0.3 is 9.47 Å². The number of carbonyl (C=O) groups excluding carboxylic acids is 3. The highest BCUT2D eigenvalue weighted by molar-refractivity contribution is 9.10. The molecule has 3 aromatic rings. The van der Waals surface area contributed by atoms with Crippen LogP contribution in [-0.4, -0.2) is 51.1 Å². The summed E-state index contributed by atoms with van der Waals surface area (Å²) in [6, 6.07) is 16.0. The summed E-state index contributed by atoms with van der Waals surface area (Å²) in [5.41, 5.74) is 2.95. The number of aromatic nitrogens is 1. The highest BCUT2D eigenvalue weighted by Crippen LogP contribution is 2.35. The maximum atomic E-state index is 13.1. The first-order chi connectivity index (χ1) is 18.0. The van der Waals surface area contributed by atoms with Gasteiger partial charge in [-0.05, 0) is 67.3 Å². The number of amides is 3. The van der Waals surface area contributed by atoms with Crippen molar-refractivity contribution in [3.05, 3.63) is 75.2 Å². The Morgan fingerprint density at radius 3 is 2.51 bits per heavy atom. The Morgan fingerprint density at radius 1 is 1.00 bits per heavy atom. The lowest BCUT2D eigenvalue weighted by Gasteiger charge is -2.20. The zero-order valence-corrected chi connectivity index (χ0v) is 23.1. The van der Waals surface area contributed by atoms with Gasteiger partial charge in [-0.1, -0.05) is 59.1 Å². The topological polar surface area (TPSA) is 62.6 Å². The van der Waals surface area contributed by atoms with Crippen molar-refractivity contribution in [1.29, 1.82) is 0 Å². The number of nitrogens with zero attached hydrogens (tertiary/aromatic N) is 3. The van der Waals surface area contributed by atoms with Gasteiger partial charge >= 0.3 is 0 Å². The van der Waals surface area contributed by atoms with Gasteiger partial charge in [-0.25, -0.2) is 0 Å². The average molecular weight is 581 g/mol. The second-order valence-corrected chi connectivity index (χ2v) is 11.5. The summed E-state index contributed by atoms with van der Waals surface area (Å²) in [5, 5.41) is 0.708. The summed E-state index contributed by atoms with van der Waals surface area (Å²) >= 11 is 4.54. The largest absolute Gasteiger partial charge is 0.341 e. The van der Waals surface area contributed by atoms with Crippen LogP contribution in [0.25, 0.3) is 17.0 Å². The van der Waals surface area contributed by atoms with E-state index in [9.17, 15) is 14.4 Å². The minimum absolute atomic E-state index is 0.118. The molecule has 0 aliphatic carbocycles. The fraction of sp³-hybridized carbons (Fsp3) is 0.345. The van der Waals surface area contributed by atoms with E-state index in [0.717, 1.165) is 71.5 Å². The Labute approximate surface area is 229 Å². The van der Waals surface area contributed by atoms with Crippen molar-refractivity contribution < 1.29 is 14.4 Å². The molecule has 2 saturated heterocycles. The molecular formula is C29H30BrN3O3S. The van der Waals surface area contributed by atoms with Gasteiger partial charge in [0, 0.05) is 46.8 Å². The first-order valence-corrected chi connectivity index (χ1v) is 14.5. The molecule has 1 aromatic heterocycles. The molecule has 2 aliphatic heterocycles. The summed E-state index contributed by atoms with van der Waals surface area (Å²) in [4.78, 5) is 42.6. The van der Waals surface area contributed by atoms with E-state index in [2.05, 4.69) is 28.1 Å². The number of hydrogen-bond donors (Lipinski definition) is 0. The molecule has 0 saturated carbocycles. The van der Waals surface area contributed by atoms with Crippen LogP contribution >= 0.6 is 27.7 Å². The van der Waals surface area contributed by atoms with Crippen LogP contribution < -0.4 is 0 Å². The molecule has 3 heterocycles. The van der Waals surface area contributed by atoms with Crippen molar-refractivity contribution in [2.45, 2.75) is 45.1 Å². The fourth-order valence-corrected chi connectivity index (χ4v) is 6.25. The molecule has 0 N–H and O–H groups in total. The Hall–Kier alpha value is -2.84. The Bertz CT molecular complexity index is 1340. The third-order valence-corrected chi connectivity index (χ3v) is 8.39. The van der Waals surface area contributed by atoms with E-state index >= 15 is 0 Å². The van der Waals surface area contributed by atoms with Crippen LogP contribution in [0.5, 0.6) is 0 Å². The number of rotatable bonds is 7. The zero-order chi connectivity index (χ0) is 25.8. The number of hydrogen-bond acceptors (Lipinski definition) is 4. The predicted octanol–water partition coefficient (Wildman–Crippen LogP) is 6.48. The molecular weight excluding hydrogens is 550 g/mol. The molecule has 192 valence electrons. The number of benzene rings is 2. The second kappa shape index (κ2) is 11.7. The Morgan fingerprint density at radius 2 is 1.76 bits per heavy atom. The van der Waals surface area contributed by atoms with Gasteiger partial charge in [0.05, 0.1) is 4.91 Å². The molecule has 37 heavy (non-hydrogen) atoms. The van der Waals surface area contributed by atoms with E-state index in [0.29, 0.717) is 11.4 Å². The number of likely N-dealkylation sites (tertiary alicyclic amines) is 1. The molecule has 0 atom stereocenters. The number of carbonyl (C=O) groups is 3. The maximum absolute atomic E-state index is 13.1. The van der Waals surface area contributed by atoms with Gasteiger partial charge in [-0.2, -0.15) is 0 Å². The van der Waals surface area contributed by atoms with E-state index in [-0.39, 0.29) is 23.6 Å². The van der Waals surface area contributed by atoms with Gasteiger partial charge in [0.25, 0.3) is 11.1 Å². The fourth-order valence-electron chi connectivity index (χ4n) is 5.03. The summed E-state index contributed by atoms with van der Waals surface area (Å²) in [5.74, 6) is -0.133. The monoisotopic (exact) mass is 579 g/mol. The SMILES string of the molecule is O=C(Cn1cc(/C=C2\SC(=O)N(CCCc3ccccc3)C2=O)c2cc(Br)ccc21)N1CCCCCC1. The van der Waals surface area contributed by atoms with Crippen LogP contribution in [-0.2, 0) is 22.6 Å². The lowest BCUT2D eigenvalue weighted by atomic mass is 10.1. The third-order valence-electron chi connectivity index (χ3n) is 6.99. The molecule has 2 fully saturated rings. The van der Waals surface area contributed by atoms with Crippen LogP contribution in [0.3, 0.4) is 0 Å². The molecule has 0 bridgehead atoms. The van der Waals surface area contributed by atoms with E-state index in [1.54, 1.807) is 6.08 Å². The van der Waals surface area contributed by atoms with Crippen molar-refractivity contribution in [1.82, 2.24) is 14.4 Å². The lowest BCUT2D eigenvalue weighted by Crippen LogP contribution is -2.34. The van der Waals surface area contributed by atoms with Crippen LogP contribution in [0, 0.1) is 0 Å². The molecule has 0 unspecified atom stereocenters. The predicted molar refractivity (Wildman–Crippen MR) is 152 cm³/mol. The highest BCUT2D eigenvalue weighted by Gasteiger charge is 2.34. The highest BCUT2D eigenvalue weighted by atomic mass is 79.9. The van der Waals surface area contributed by atoms with Crippen molar-refractivity contribution in [3.8, 4) is 0 Å². The quantitative estimate of drug-likeness (QED) is 0.301. The maximum Gasteiger partial charge on any atom is 0.293 e. The number of halogens is 1. The van der Waals surface area contributed by atoms with Gasteiger partial charge in [-0.15, -0.1) is 0 Å². The molecule has 2 aliphatic rings. The van der Waals surface area contributed by atoms with Crippen LogP contribution in [0.15, 0.2) is 64.1 Å². The molecule has 5 rings (SSSR count). The summed E-state index contributed by atoms with van der Waals surface area (Å²) < 4.78 is 2.88. The van der Waals surface area contributed by atoms with Crippen molar-refractivity contribution >= 4 is 61.7 Å². The Kier molecular flexibility index (Phi) is 8.15. The normalized spacial score (nSPS) is 17.7. The van der Waals surface area contributed by atoms with Gasteiger partial charge in [0.15, 0.2) is 0 Å². The molecule has 0 spiro atoms. The molecule has 0 radical (unpaired) electrons. The number of aryl methyl sites for hydroxylation is 1. The van der Waals surface area contributed by atoms with E-state index < -0.39 is 0 Å². The van der Waals surface area contributed by atoms with Crippen LogP contribution in [0.2, 0.25) is 0 Å². The summed E-state index contributed by atoms with van der Waals surface area (Å²) in [7, 11) is 0. The minimum Gasteiger partial charge on any atom is -0.341 e. The van der Waals surface area contributed by atoms with Gasteiger partial charge in [0.1, 0.15) is 6.54 Å². The average Bonchev–Trinajstić information content (AvgIpc) is 3.20. The molecule has 3 amide bonds. The van der Waals surface area contributed by atoms with E-state index in [1.807, 2.05) is 52.1 Å². The van der Waals surface area contributed by atoms with Crippen molar-refractivity contribution in [2.75, 3.05) is 19.6 Å². The second-order valence-electron chi connectivity index (χ2n) is 9.59. The van der Waals surface area contributed by atoms with Crippen LogP contribution in [0.1, 0.15) is 43.2 Å². The Balaban J connectivity index is 1.34. The number of fused-ring (bicyclic) bond motifs is 1. The van der Waals surface area contributed by atoms with Crippen molar-refractivity contribution in [3.63, 3.8) is 0 Å². The molecule has 2 aromatic carbocycles. The first kappa shape index (κ1) is 25.8. The number of thioether (sulfide) groups is 1. The van der Waals surface area contributed by atoms with Gasteiger partial charge in [-0.3, -0.25) is 19.3 Å².